The summed E-state index contributed by atoms with van der Waals surface area (Å²) >= 11 is 4.81. The molecule has 0 saturated heterocycles. The Bertz CT molecular complexity index is 466. The van der Waals surface area contributed by atoms with Gasteiger partial charge < -0.3 is 5.73 Å². The Balaban J connectivity index is 2.66. The molecule has 6 heteroatoms. The van der Waals surface area contributed by atoms with Gasteiger partial charge in [0.25, 0.3) is 0 Å². The third-order valence-electron chi connectivity index (χ3n) is 2.11. The van der Waals surface area contributed by atoms with Gasteiger partial charge in [-0.05, 0) is 12.5 Å². The van der Waals surface area contributed by atoms with E-state index in [0.29, 0.717) is 4.99 Å². The van der Waals surface area contributed by atoms with Gasteiger partial charge >= 0.3 is 0 Å². The molecule has 0 bridgehead atoms. The molecule has 0 heterocycles. The van der Waals surface area contributed by atoms with Crippen molar-refractivity contribution < 1.29 is 8.42 Å². The number of thiocarbonyl (C=S) groups is 1. The number of rotatable bonds is 5. The summed E-state index contributed by atoms with van der Waals surface area (Å²) in [5.41, 5.74) is 7.10. The van der Waals surface area contributed by atoms with E-state index in [1.54, 1.807) is 31.2 Å². The molecule has 4 nitrogen and oxygen atoms in total. The predicted molar refractivity (Wildman–Crippen MR) is 68.6 cm³/mol. The van der Waals surface area contributed by atoms with Crippen molar-refractivity contribution in [2.45, 2.75) is 13.5 Å². The molecule has 16 heavy (non-hydrogen) atoms. The van der Waals surface area contributed by atoms with Crippen molar-refractivity contribution in [1.82, 2.24) is 4.72 Å². The van der Waals surface area contributed by atoms with Gasteiger partial charge in [0.15, 0.2) is 0 Å². The van der Waals surface area contributed by atoms with Crippen molar-refractivity contribution in [1.29, 1.82) is 0 Å². The van der Waals surface area contributed by atoms with E-state index in [-0.39, 0.29) is 12.3 Å². The Morgan fingerprint density at radius 2 is 1.94 bits per heavy atom. The van der Waals surface area contributed by atoms with Crippen LogP contribution in [0.25, 0.3) is 0 Å². The Hall–Kier alpha value is -0.980. The highest BCUT2D eigenvalue weighted by molar-refractivity contribution is 7.89. The van der Waals surface area contributed by atoms with Crippen molar-refractivity contribution in [3.8, 4) is 0 Å². The molecule has 0 aliphatic heterocycles. The van der Waals surface area contributed by atoms with E-state index in [2.05, 4.69) is 4.72 Å². The molecule has 0 saturated carbocycles. The Labute approximate surface area is 101 Å². The summed E-state index contributed by atoms with van der Waals surface area (Å²) < 4.78 is 24.9. The standard InChI is InChI=1S/C10H14N2O2S2/c1-2-16(13,14)12-7-8-3-5-9(6-4-8)10(11)15/h3-6,12H,2,7H2,1H3,(H2,11,15). The first kappa shape index (κ1) is 13.1. The second-order valence-corrected chi connectivity index (χ2v) is 5.82. The molecule has 0 amide bonds. The lowest BCUT2D eigenvalue weighted by atomic mass is 10.1. The molecule has 1 rings (SSSR count). The van der Waals surface area contributed by atoms with E-state index in [0.717, 1.165) is 11.1 Å². The Morgan fingerprint density at radius 1 is 1.38 bits per heavy atom. The number of hydrogen-bond acceptors (Lipinski definition) is 3. The second-order valence-electron chi connectivity index (χ2n) is 3.29. The van der Waals surface area contributed by atoms with Crippen LogP contribution in [-0.2, 0) is 16.6 Å². The zero-order valence-corrected chi connectivity index (χ0v) is 10.6. The largest absolute Gasteiger partial charge is 0.389 e. The van der Waals surface area contributed by atoms with Gasteiger partial charge in [0.2, 0.25) is 10.0 Å². The van der Waals surface area contributed by atoms with Gasteiger partial charge in [0, 0.05) is 12.1 Å². The molecule has 0 radical (unpaired) electrons. The second kappa shape index (κ2) is 5.38. The normalized spacial score (nSPS) is 11.3. The smallest absolute Gasteiger partial charge is 0.211 e. The van der Waals surface area contributed by atoms with Gasteiger partial charge in [-0.2, -0.15) is 0 Å². The van der Waals surface area contributed by atoms with Crippen LogP contribution in [-0.4, -0.2) is 19.2 Å². The number of nitrogens with two attached hydrogens (primary N) is 1. The number of benzene rings is 1. The lowest BCUT2D eigenvalue weighted by Crippen LogP contribution is -2.24. The molecule has 0 atom stereocenters. The molecule has 0 unspecified atom stereocenters. The van der Waals surface area contributed by atoms with Crippen LogP contribution in [0.15, 0.2) is 24.3 Å². The highest BCUT2D eigenvalue weighted by Crippen LogP contribution is 2.04. The molecule has 3 N–H and O–H groups in total. The summed E-state index contributed by atoms with van der Waals surface area (Å²) in [4.78, 5) is 0.334. The molecule has 88 valence electrons. The molecule has 0 aliphatic rings. The summed E-state index contributed by atoms with van der Waals surface area (Å²) in [6.45, 7) is 1.88. The number of hydrogen-bond donors (Lipinski definition) is 2. The first-order chi connectivity index (χ1) is 7.44. The first-order valence-corrected chi connectivity index (χ1v) is 6.87. The van der Waals surface area contributed by atoms with Gasteiger partial charge in [0.1, 0.15) is 4.99 Å². The lowest BCUT2D eigenvalue weighted by Gasteiger charge is -2.05. The van der Waals surface area contributed by atoms with Gasteiger partial charge in [-0.1, -0.05) is 36.5 Å². The van der Waals surface area contributed by atoms with Crippen LogP contribution < -0.4 is 10.5 Å². The van der Waals surface area contributed by atoms with Crippen LogP contribution >= 0.6 is 12.2 Å². The monoisotopic (exact) mass is 258 g/mol. The summed E-state index contributed by atoms with van der Waals surface area (Å²) in [6, 6.07) is 7.15. The third kappa shape index (κ3) is 3.88. The van der Waals surface area contributed by atoms with Crippen molar-refractivity contribution in [2.24, 2.45) is 5.73 Å². The van der Waals surface area contributed by atoms with Crippen LogP contribution in [0.2, 0.25) is 0 Å². The predicted octanol–water partition coefficient (Wildman–Crippen LogP) is 0.760. The minimum atomic E-state index is -3.14. The fourth-order valence-corrected chi connectivity index (χ4v) is 1.81. The Kier molecular flexibility index (Phi) is 4.40. The maximum Gasteiger partial charge on any atom is 0.211 e. The summed E-state index contributed by atoms with van der Waals surface area (Å²) in [5, 5.41) is 0. The maximum atomic E-state index is 11.2. The molecule has 0 aromatic heterocycles. The molecule has 0 fully saturated rings. The van der Waals surface area contributed by atoms with Crippen molar-refractivity contribution >= 4 is 27.2 Å². The van der Waals surface area contributed by atoms with Crippen molar-refractivity contribution in [3.05, 3.63) is 35.4 Å². The van der Waals surface area contributed by atoms with Crippen LogP contribution in [0, 0.1) is 0 Å². The molecule has 1 aromatic rings. The average Bonchev–Trinajstić information content (AvgIpc) is 2.27. The van der Waals surface area contributed by atoms with Gasteiger partial charge in [0.05, 0.1) is 5.75 Å². The summed E-state index contributed by atoms with van der Waals surface area (Å²) in [5.74, 6) is 0.0813. The topological polar surface area (TPSA) is 72.2 Å². The molecule has 1 aromatic carbocycles. The van der Waals surface area contributed by atoms with Gasteiger partial charge in [-0.25, -0.2) is 13.1 Å². The average molecular weight is 258 g/mol. The summed E-state index contributed by atoms with van der Waals surface area (Å²) in [7, 11) is -3.14. The van der Waals surface area contributed by atoms with Crippen molar-refractivity contribution in [3.63, 3.8) is 0 Å². The van der Waals surface area contributed by atoms with E-state index < -0.39 is 10.0 Å². The van der Waals surface area contributed by atoms with E-state index in [4.69, 9.17) is 18.0 Å². The summed E-state index contributed by atoms with van der Waals surface area (Å²) in [6.07, 6.45) is 0. The van der Waals surface area contributed by atoms with Gasteiger partial charge in [-0.3, -0.25) is 0 Å². The zero-order chi connectivity index (χ0) is 12.2. The fraction of sp³-hybridized carbons (Fsp3) is 0.300. The van der Waals surface area contributed by atoms with E-state index in [1.807, 2.05) is 0 Å². The van der Waals surface area contributed by atoms with Crippen LogP contribution in [0.4, 0.5) is 0 Å². The number of nitrogens with one attached hydrogen (secondary N) is 1. The van der Waals surface area contributed by atoms with E-state index in [9.17, 15) is 8.42 Å². The molecular weight excluding hydrogens is 244 g/mol. The van der Waals surface area contributed by atoms with E-state index in [1.165, 1.54) is 0 Å². The molecule has 0 spiro atoms. The van der Waals surface area contributed by atoms with Crippen LogP contribution in [0.3, 0.4) is 0 Å². The Morgan fingerprint density at radius 3 is 2.38 bits per heavy atom. The minimum Gasteiger partial charge on any atom is -0.389 e. The molecule has 0 aliphatic carbocycles. The number of sulfonamides is 1. The quantitative estimate of drug-likeness (QED) is 0.765. The van der Waals surface area contributed by atoms with Gasteiger partial charge in [-0.15, -0.1) is 0 Å². The van der Waals surface area contributed by atoms with E-state index >= 15 is 0 Å². The maximum absolute atomic E-state index is 11.2. The minimum absolute atomic E-state index is 0.0813. The lowest BCUT2D eigenvalue weighted by molar-refractivity contribution is 0.582. The van der Waals surface area contributed by atoms with Crippen molar-refractivity contribution in [2.75, 3.05) is 5.75 Å². The fourth-order valence-electron chi connectivity index (χ4n) is 1.08. The third-order valence-corrected chi connectivity index (χ3v) is 3.69. The SMILES string of the molecule is CCS(=O)(=O)NCc1ccc(C(N)=S)cc1. The highest BCUT2D eigenvalue weighted by atomic mass is 32.2. The highest BCUT2D eigenvalue weighted by Gasteiger charge is 2.05. The molecular formula is C10H14N2O2S2. The zero-order valence-electron chi connectivity index (χ0n) is 8.93. The van der Waals surface area contributed by atoms with Crippen LogP contribution in [0.1, 0.15) is 18.1 Å². The first-order valence-electron chi connectivity index (χ1n) is 4.80. The van der Waals surface area contributed by atoms with Crippen LogP contribution in [0.5, 0.6) is 0 Å².